The molecule has 0 bridgehead atoms. The Hall–Kier alpha value is -2.52. The van der Waals surface area contributed by atoms with Crippen LogP contribution in [0.5, 0.6) is 0 Å². The summed E-state index contributed by atoms with van der Waals surface area (Å²) < 4.78 is 27.1. The van der Waals surface area contributed by atoms with Crippen LogP contribution >= 0.6 is 11.3 Å². The summed E-state index contributed by atoms with van der Waals surface area (Å²) in [6, 6.07) is 7.53. The fourth-order valence-corrected chi connectivity index (χ4v) is 4.70. The zero-order valence-electron chi connectivity index (χ0n) is 14.3. The second-order valence-electron chi connectivity index (χ2n) is 7.02. The van der Waals surface area contributed by atoms with Crippen LogP contribution in [0.4, 0.5) is 8.78 Å². The fraction of sp³-hybridized carbons (Fsp3) is 0.333. The molecule has 0 amide bonds. The van der Waals surface area contributed by atoms with E-state index in [9.17, 15) is 13.9 Å². The Kier molecular flexibility index (Phi) is 3.54. The summed E-state index contributed by atoms with van der Waals surface area (Å²) in [7, 11) is 1.78. The van der Waals surface area contributed by atoms with Crippen molar-refractivity contribution in [2.45, 2.75) is 24.9 Å². The maximum Gasteiger partial charge on any atom is 0.241 e. The third-order valence-electron chi connectivity index (χ3n) is 5.13. The minimum Gasteiger partial charge on any atom is -0.384 e. The van der Waals surface area contributed by atoms with Gasteiger partial charge in [0.2, 0.25) is 6.43 Å². The molecule has 0 aromatic carbocycles. The first-order chi connectivity index (χ1) is 12.9. The number of aryl methyl sites for hydroxylation is 1. The van der Waals surface area contributed by atoms with Gasteiger partial charge in [-0.3, -0.25) is 0 Å². The molecule has 138 valence electrons. The second kappa shape index (κ2) is 5.74. The van der Waals surface area contributed by atoms with Crippen LogP contribution in [-0.4, -0.2) is 36.5 Å². The van der Waals surface area contributed by atoms with Gasteiger partial charge in [-0.1, -0.05) is 5.21 Å². The number of aromatic nitrogens is 5. The average Bonchev–Trinajstić information content (AvgIpc) is 3.22. The average molecular weight is 387 g/mol. The van der Waals surface area contributed by atoms with E-state index in [0.29, 0.717) is 16.0 Å². The van der Waals surface area contributed by atoms with Crippen LogP contribution in [0, 0.1) is 5.92 Å². The van der Waals surface area contributed by atoms with Crippen molar-refractivity contribution in [1.29, 1.82) is 0 Å². The van der Waals surface area contributed by atoms with Gasteiger partial charge < -0.3 is 5.11 Å². The highest BCUT2D eigenvalue weighted by atomic mass is 32.1. The van der Waals surface area contributed by atoms with Gasteiger partial charge in [-0.15, -0.1) is 16.4 Å². The summed E-state index contributed by atoms with van der Waals surface area (Å²) in [4.78, 5) is 10.5. The smallest absolute Gasteiger partial charge is 0.241 e. The minimum absolute atomic E-state index is 0.0949. The standard InChI is InChI=1S/C18H15F2N5OS/c1-25-16-13(23-24-25)4-10(8-21-16)12-3-2-9-5-14(27-17(9)22-12)18(26)6-11(7-18)15(19)20/h2-5,8,11,15,26H,6-7H2,1H3. The number of hydrogen-bond acceptors (Lipinski definition) is 6. The highest BCUT2D eigenvalue weighted by molar-refractivity contribution is 7.18. The first-order valence-corrected chi connectivity index (χ1v) is 9.32. The molecule has 6 nitrogen and oxygen atoms in total. The Bertz CT molecular complexity index is 1170. The van der Waals surface area contributed by atoms with Gasteiger partial charge in [-0.25, -0.2) is 23.4 Å². The van der Waals surface area contributed by atoms with Crippen molar-refractivity contribution in [3.63, 3.8) is 0 Å². The van der Waals surface area contributed by atoms with Crippen LogP contribution in [0.2, 0.25) is 0 Å². The fourth-order valence-electron chi connectivity index (χ4n) is 3.56. The van der Waals surface area contributed by atoms with E-state index in [1.165, 1.54) is 11.3 Å². The number of thiophene rings is 1. The van der Waals surface area contributed by atoms with Crippen molar-refractivity contribution < 1.29 is 13.9 Å². The number of rotatable bonds is 3. The van der Waals surface area contributed by atoms with Crippen molar-refractivity contribution in [2.24, 2.45) is 13.0 Å². The molecule has 0 aliphatic heterocycles. The lowest BCUT2D eigenvalue weighted by Gasteiger charge is -2.42. The Labute approximate surface area is 156 Å². The molecule has 0 radical (unpaired) electrons. The van der Waals surface area contributed by atoms with Crippen LogP contribution in [-0.2, 0) is 12.6 Å². The Balaban J connectivity index is 1.50. The summed E-state index contributed by atoms with van der Waals surface area (Å²) in [5.41, 5.74) is 1.78. The molecular weight excluding hydrogens is 372 g/mol. The molecular formula is C18H15F2N5OS. The Morgan fingerprint density at radius 2 is 2.11 bits per heavy atom. The van der Waals surface area contributed by atoms with Crippen molar-refractivity contribution >= 4 is 32.7 Å². The molecule has 27 heavy (non-hydrogen) atoms. The molecule has 0 spiro atoms. The predicted octanol–water partition coefficient (Wildman–Crippen LogP) is 3.50. The van der Waals surface area contributed by atoms with Crippen LogP contribution in [0.25, 0.3) is 32.6 Å². The lowest BCUT2D eigenvalue weighted by Crippen LogP contribution is -2.43. The maximum atomic E-state index is 12.8. The number of hydrogen-bond donors (Lipinski definition) is 1. The van der Waals surface area contributed by atoms with Crippen LogP contribution in [0.3, 0.4) is 0 Å². The summed E-state index contributed by atoms with van der Waals surface area (Å²) in [5.74, 6) is -0.728. The summed E-state index contributed by atoms with van der Waals surface area (Å²) >= 11 is 1.35. The van der Waals surface area contributed by atoms with Crippen LogP contribution in [0.15, 0.2) is 30.5 Å². The van der Waals surface area contributed by atoms with Gasteiger partial charge in [0.05, 0.1) is 11.3 Å². The van der Waals surface area contributed by atoms with Gasteiger partial charge in [0.15, 0.2) is 5.65 Å². The molecule has 4 aromatic rings. The summed E-state index contributed by atoms with van der Waals surface area (Å²) in [5, 5.41) is 19.5. The predicted molar refractivity (Wildman–Crippen MR) is 97.5 cm³/mol. The highest BCUT2D eigenvalue weighted by Gasteiger charge is 2.48. The Morgan fingerprint density at radius 3 is 2.89 bits per heavy atom. The molecule has 9 heteroatoms. The van der Waals surface area contributed by atoms with E-state index in [1.807, 2.05) is 24.3 Å². The molecule has 1 aliphatic carbocycles. The molecule has 0 atom stereocenters. The van der Waals surface area contributed by atoms with E-state index in [4.69, 9.17) is 0 Å². The molecule has 1 aliphatic rings. The van der Waals surface area contributed by atoms with Crippen molar-refractivity contribution in [2.75, 3.05) is 0 Å². The first kappa shape index (κ1) is 16.6. The quantitative estimate of drug-likeness (QED) is 0.582. The number of aliphatic hydroxyl groups is 1. The zero-order valence-corrected chi connectivity index (χ0v) is 15.1. The number of nitrogens with zero attached hydrogens (tertiary/aromatic N) is 5. The highest BCUT2D eigenvalue weighted by Crippen LogP contribution is 2.50. The van der Waals surface area contributed by atoms with E-state index in [2.05, 4.69) is 20.3 Å². The molecule has 5 rings (SSSR count). The van der Waals surface area contributed by atoms with Crippen molar-refractivity contribution in [1.82, 2.24) is 25.0 Å². The van der Waals surface area contributed by atoms with E-state index in [-0.39, 0.29) is 12.8 Å². The molecule has 4 aromatic heterocycles. The normalized spacial score (nSPS) is 22.6. The SMILES string of the molecule is Cn1nnc2cc(-c3ccc4cc(C5(O)CC(C(F)F)C5)sc4n3)cnc21. The number of fused-ring (bicyclic) bond motifs is 2. The lowest BCUT2D eigenvalue weighted by atomic mass is 9.70. The third-order valence-corrected chi connectivity index (χ3v) is 6.37. The molecule has 0 saturated heterocycles. The van der Waals surface area contributed by atoms with Gasteiger partial charge in [-0.05, 0) is 37.1 Å². The van der Waals surface area contributed by atoms with Gasteiger partial charge in [-0.2, -0.15) is 0 Å². The topological polar surface area (TPSA) is 76.7 Å². The van der Waals surface area contributed by atoms with Gasteiger partial charge in [0, 0.05) is 35.0 Å². The van der Waals surface area contributed by atoms with Crippen LogP contribution in [0.1, 0.15) is 17.7 Å². The minimum atomic E-state index is -2.38. The molecule has 1 N–H and O–H groups in total. The second-order valence-corrected chi connectivity index (χ2v) is 8.05. The largest absolute Gasteiger partial charge is 0.384 e. The van der Waals surface area contributed by atoms with Crippen molar-refractivity contribution in [3.8, 4) is 11.3 Å². The van der Waals surface area contributed by atoms with Gasteiger partial charge >= 0.3 is 0 Å². The van der Waals surface area contributed by atoms with E-state index in [0.717, 1.165) is 21.5 Å². The number of alkyl halides is 2. The van der Waals surface area contributed by atoms with Gasteiger partial charge in [0.1, 0.15) is 10.3 Å². The number of pyridine rings is 2. The number of halogens is 2. The van der Waals surface area contributed by atoms with E-state index >= 15 is 0 Å². The summed E-state index contributed by atoms with van der Waals surface area (Å²) in [6.45, 7) is 0. The van der Waals surface area contributed by atoms with E-state index in [1.54, 1.807) is 17.9 Å². The molecule has 0 unspecified atom stereocenters. The van der Waals surface area contributed by atoms with Gasteiger partial charge in [0.25, 0.3) is 0 Å². The maximum absolute atomic E-state index is 12.8. The molecule has 1 fully saturated rings. The molecule has 1 saturated carbocycles. The summed E-state index contributed by atoms with van der Waals surface area (Å²) in [6.07, 6.45) is -0.469. The van der Waals surface area contributed by atoms with Crippen LogP contribution < -0.4 is 0 Å². The third kappa shape index (κ3) is 2.61. The Morgan fingerprint density at radius 1 is 1.30 bits per heavy atom. The lowest BCUT2D eigenvalue weighted by molar-refractivity contribution is -0.124. The monoisotopic (exact) mass is 387 g/mol. The zero-order chi connectivity index (χ0) is 18.8. The molecule has 4 heterocycles. The first-order valence-electron chi connectivity index (χ1n) is 8.50. The van der Waals surface area contributed by atoms with Crippen molar-refractivity contribution in [3.05, 3.63) is 35.3 Å². The van der Waals surface area contributed by atoms with E-state index < -0.39 is 17.9 Å².